The smallest absolute Gasteiger partial charge is 0.410 e. The molecule has 5 heterocycles. The first-order chi connectivity index (χ1) is 27.8. The van der Waals surface area contributed by atoms with Crippen molar-refractivity contribution in [1.29, 1.82) is 0 Å². The van der Waals surface area contributed by atoms with Gasteiger partial charge in [-0.25, -0.2) is 14.0 Å². The third kappa shape index (κ3) is 12.8. The second-order valence-electron chi connectivity index (χ2n) is 17.5. The number of carbonyl (C=O) groups is 3. The molecule has 3 saturated heterocycles. The second-order valence-corrected chi connectivity index (χ2v) is 17.5. The van der Waals surface area contributed by atoms with E-state index in [1.807, 2.05) is 39.8 Å². The van der Waals surface area contributed by atoms with E-state index in [9.17, 15) is 19.5 Å². The van der Waals surface area contributed by atoms with Crippen LogP contribution in [0.1, 0.15) is 125 Å². The summed E-state index contributed by atoms with van der Waals surface area (Å²) in [6.07, 6.45) is 0.238. The van der Waals surface area contributed by atoms with E-state index in [2.05, 4.69) is 25.8 Å². The predicted molar refractivity (Wildman–Crippen MR) is 247 cm³/mol. The summed E-state index contributed by atoms with van der Waals surface area (Å²) in [5, 5.41) is 31.4. The van der Waals surface area contributed by atoms with Crippen molar-refractivity contribution in [2.24, 2.45) is 11.8 Å². The summed E-state index contributed by atoms with van der Waals surface area (Å²) in [4.78, 5) is 45.6. The number of nitrogens with zero attached hydrogens (tertiary/aromatic N) is 7. The number of alkyl halides is 1. The average molecular weight is 913 g/mol. The number of amides is 1. The highest BCUT2D eigenvalue weighted by molar-refractivity contribution is 6.07. The first-order valence-corrected chi connectivity index (χ1v) is 20.8. The lowest BCUT2D eigenvalue weighted by Gasteiger charge is -2.47. The van der Waals surface area contributed by atoms with Crippen LogP contribution in [0.15, 0.2) is 24.5 Å². The van der Waals surface area contributed by atoms with Crippen molar-refractivity contribution in [2.45, 2.75) is 197 Å². The Morgan fingerprint density at radius 2 is 1.66 bits per heavy atom. The standard InChI is InChI=1S/C41H65FN8O9.5CH4/c1-12-31-41(8)33(50(38(54)59-41)19-14-13-18-49-23-29(46-47-49)28-16-15-17-44-45-28)27(5)43-22-24(2)21-39(6,55-11)35(26(4)34(52)40(7,42)37(53)57-31)58-36-32(51)30(48(9)10)20-25(3)56-36;;;;;/h15-17,23-27,30-33,35-36,43,51H,12-14,18-22H2,1-11H3;5*1H4/t24-,25?,26+,27-,30?,31-,32?,33-,35-,36+,39-,40?,41-;;;;;/m1...../s1. The van der Waals surface area contributed by atoms with Gasteiger partial charge in [0.2, 0.25) is 0 Å². The van der Waals surface area contributed by atoms with Crippen LogP contribution >= 0.6 is 0 Å². The van der Waals surface area contributed by atoms with Crippen molar-refractivity contribution < 1.29 is 47.6 Å². The summed E-state index contributed by atoms with van der Waals surface area (Å²) in [6, 6.07) is 2.22. The van der Waals surface area contributed by atoms with E-state index < -0.39 is 77.3 Å². The molecule has 370 valence electrons. The van der Waals surface area contributed by atoms with E-state index in [-0.39, 0.29) is 61.6 Å². The van der Waals surface area contributed by atoms with E-state index in [1.54, 1.807) is 54.9 Å². The minimum absolute atomic E-state index is 0. The number of rotatable bonds is 11. The Hall–Kier alpha value is -3.68. The molecule has 18 heteroatoms. The van der Waals surface area contributed by atoms with Gasteiger partial charge in [-0.3, -0.25) is 14.4 Å². The van der Waals surface area contributed by atoms with Crippen LogP contribution in [0.2, 0.25) is 0 Å². The number of aromatic nitrogens is 5. The molecule has 4 unspecified atom stereocenters. The first kappa shape index (κ1) is 60.3. The van der Waals surface area contributed by atoms with Crippen molar-refractivity contribution in [3.05, 3.63) is 24.5 Å². The lowest BCUT2D eigenvalue weighted by molar-refractivity contribution is -0.295. The average Bonchev–Trinajstić information content (AvgIpc) is 3.78. The van der Waals surface area contributed by atoms with Crippen molar-refractivity contribution in [3.63, 3.8) is 0 Å². The molecule has 0 bridgehead atoms. The molecule has 5 rings (SSSR count). The van der Waals surface area contributed by atoms with Crippen molar-refractivity contribution in [1.82, 2.24) is 40.3 Å². The normalized spacial score (nSPS) is 34.8. The number of carbonyl (C=O) groups excluding carboxylic acids is 3. The number of halogens is 1. The van der Waals surface area contributed by atoms with Gasteiger partial charge in [-0.1, -0.05) is 63.1 Å². The van der Waals surface area contributed by atoms with Gasteiger partial charge in [0.1, 0.15) is 23.6 Å². The van der Waals surface area contributed by atoms with Crippen LogP contribution in [0.5, 0.6) is 0 Å². The Morgan fingerprint density at radius 3 is 2.25 bits per heavy atom. The Kier molecular flexibility index (Phi) is 23.3. The molecule has 3 fully saturated rings. The van der Waals surface area contributed by atoms with Gasteiger partial charge in [0.05, 0.1) is 30.0 Å². The third-order valence-electron chi connectivity index (χ3n) is 12.5. The number of hydrogen-bond acceptors (Lipinski definition) is 15. The fourth-order valence-corrected chi connectivity index (χ4v) is 9.18. The highest BCUT2D eigenvalue weighted by Gasteiger charge is 2.60. The molecule has 0 radical (unpaired) electrons. The number of unbranched alkanes of at least 4 members (excludes halogenated alkanes) is 1. The molecule has 1 amide bonds. The van der Waals surface area contributed by atoms with Crippen LogP contribution in [0.25, 0.3) is 11.4 Å². The number of ether oxygens (including phenoxy) is 5. The van der Waals surface area contributed by atoms with Gasteiger partial charge in [0.25, 0.3) is 5.67 Å². The van der Waals surface area contributed by atoms with E-state index in [0.29, 0.717) is 56.7 Å². The highest BCUT2D eigenvalue weighted by Crippen LogP contribution is 2.41. The molecule has 64 heavy (non-hydrogen) atoms. The molecular weight excluding hydrogens is 828 g/mol. The zero-order valence-corrected chi connectivity index (χ0v) is 36.5. The summed E-state index contributed by atoms with van der Waals surface area (Å²) in [5.41, 5.74) is -4.57. The number of aliphatic hydroxyl groups is 1. The highest BCUT2D eigenvalue weighted by atomic mass is 19.1. The molecule has 3 aliphatic rings. The summed E-state index contributed by atoms with van der Waals surface area (Å²) in [6.45, 7) is 14.7. The molecule has 2 aromatic heterocycles. The molecule has 2 aromatic rings. The second kappa shape index (κ2) is 24.7. The molecule has 0 aliphatic carbocycles. The number of aliphatic hydroxyl groups excluding tert-OH is 1. The number of nitrogens with one attached hydrogen (secondary N) is 1. The van der Waals surface area contributed by atoms with E-state index >= 15 is 4.39 Å². The molecule has 3 aliphatic heterocycles. The fourth-order valence-electron chi connectivity index (χ4n) is 9.18. The summed E-state index contributed by atoms with van der Waals surface area (Å²) >= 11 is 0. The number of Topliss-reactive ketones (excluding diaryl/α,β-unsaturated/α-hetero) is 1. The number of fused-ring (bicyclic) bond motifs is 1. The molecule has 17 nitrogen and oxygen atoms in total. The number of aryl methyl sites for hydroxylation is 1. The summed E-state index contributed by atoms with van der Waals surface area (Å²) in [5.74, 6) is -3.86. The maximum absolute atomic E-state index is 16.9. The first-order valence-electron chi connectivity index (χ1n) is 20.8. The quantitative estimate of drug-likeness (QED) is 0.136. The van der Waals surface area contributed by atoms with Crippen molar-refractivity contribution >= 4 is 17.8 Å². The number of esters is 1. The van der Waals surface area contributed by atoms with Crippen LogP contribution in [-0.2, 0) is 39.8 Å². The zero-order valence-electron chi connectivity index (χ0n) is 36.5. The van der Waals surface area contributed by atoms with Gasteiger partial charge in [0.15, 0.2) is 17.7 Å². The molecule has 0 saturated carbocycles. The molecular formula is C46H85FN8O9. The van der Waals surface area contributed by atoms with E-state index in [1.165, 1.54) is 14.0 Å². The molecule has 0 aromatic carbocycles. The van der Waals surface area contributed by atoms with Crippen molar-refractivity contribution in [2.75, 3.05) is 34.3 Å². The summed E-state index contributed by atoms with van der Waals surface area (Å²) < 4.78 is 49.5. The van der Waals surface area contributed by atoms with Crippen LogP contribution in [0.4, 0.5) is 9.18 Å². The lowest BCUT2D eigenvalue weighted by atomic mass is 9.78. The van der Waals surface area contributed by atoms with Gasteiger partial charge < -0.3 is 39.0 Å². The number of methoxy groups -OCH3 is 1. The van der Waals surface area contributed by atoms with E-state index in [4.69, 9.17) is 23.7 Å². The number of cyclic esters (lactones) is 1. The maximum atomic E-state index is 16.9. The number of hydrogen-bond donors (Lipinski definition) is 2. The van der Waals surface area contributed by atoms with Crippen LogP contribution < -0.4 is 5.32 Å². The van der Waals surface area contributed by atoms with Gasteiger partial charge in [-0.05, 0) is 105 Å². The predicted octanol–water partition coefficient (Wildman–Crippen LogP) is 6.76. The van der Waals surface area contributed by atoms with Crippen LogP contribution in [0.3, 0.4) is 0 Å². The largest absolute Gasteiger partial charge is 0.455 e. The minimum Gasteiger partial charge on any atom is -0.455 e. The minimum atomic E-state index is -3.13. The SMILES string of the molecule is C.C.C.C.C.CC[C@H]1OC(=O)C(C)(F)C(=O)[C@H](C)[C@@H](O[C@@H]2OC(C)CC(N(C)C)C2O)[C@](C)(OC)C[C@@H](C)CN[C@H](C)[C@H]2N(CCCCn3cc(-c4cccnn4)nn3)C(=O)O[C@]12C. The lowest BCUT2D eigenvalue weighted by Crippen LogP contribution is -2.61. The Bertz CT molecular complexity index is 1740. The molecule has 2 N–H and O–H groups in total. The Balaban J connectivity index is 0.00000794. The summed E-state index contributed by atoms with van der Waals surface area (Å²) in [7, 11) is 5.20. The molecule has 0 spiro atoms. The van der Waals surface area contributed by atoms with E-state index in [0.717, 1.165) is 6.92 Å². The maximum Gasteiger partial charge on any atom is 0.410 e. The fraction of sp³-hybridized carbons (Fsp3) is 0.804. The molecule has 13 atom stereocenters. The van der Waals surface area contributed by atoms with Crippen LogP contribution in [-0.4, -0.2) is 158 Å². The van der Waals surface area contributed by atoms with Gasteiger partial charge in [-0.15, -0.1) is 10.2 Å². The Labute approximate surface area is 383 Å². The Morgan fingerprint density at radius 1 is 1.00 bits per heavy atom. The number of likely N-dealkylation sites (N-methyl/N-ethyl adjacent to an activating group) is 1. The van der Waals surface area contributed by atoms with Gasteiger partial charge >= 0.3 is 12.1 Å². The van der Waals surface area contributed by atoms with Gasteiger partial charge in [0, 0.05) is 44.4 Å². The van der Waals surface area contributed by atoms with Crippen LogP contribution in [0, 0.1) is 11.8 Å². The third-order valence-corrected chi connectivity index (χ3v) is 12.5. The topological polar surface area (TPSA) is 193 Å². The number of ketones is 1. The monoisotopic (exact) mass is 913 g/mol. The van der Waals surface area contributed by atoms with Crippen molar-refractivity contribution in [3.8, 4) is 11.4 Å². The van der Waals surface area contributed by atoms with Gasteiger partial charge in [-0.2, -0.15) is 5.10 Å². The zero-order chi connectivity index (χ0) is 43.4.